The second-order valence-electron chi connectivity index (χ2n) is 8.80. The van der Waals surface area contributed by atoms with Crippen LogP contribution in [0.15, 0.2) is 103 Å². The Labute approximate surface area is 220 Å². The lowest BCUT2D eigenvalue weighted by atomic mass is 9.89. The summed E-state index contributed by atoms with van der Waals surface area (Å²) in [6.45, 7) is 2.00. The number of benzene rings is 4. The van der Waals surface area contributed by atoms with Crippen LogP contribution < -0.4 is 9.80 Å². The Morgan fingerprint density at radius 2 is 1.31 bits per heavy atom. The van der Waals surface area contributed by atoms with Gasteiger partial charge in [-0.1, -0.05) is 83.9 Å². The molecule has 36 heavy (non-hydrogen) atoms. The third-order valence-corrected chi connectivity index (χ3v) is 7.21. The van der Waals surface area contributed by atoms with Gasteiger partial charge in [-0.15, -0.1) is 0 Å². The normalized spacial score (nSPS) is 16.8. The number of para-hydroxylation sites is 2. The van der Waals surface area contributed by atoms with Crippen LogP contribution in [-0.2, 0) is 0 Å². The highest BCUT2D eigenvalue weighted by Crippen LogP contribution is 2.43. The Balaban J connectivity index is 1.63. The molecule has 6 heteroatoms. The number of carbonyl (C=O) groups excluding carboxylic acids is 2. The molecule has 1 aliphatic heterocycles. The summed E-state index contributed by atoms with van der Waals surface area (Å²) in [5, 5.41) is 0.810. The average Bonchev–Trinajstić information content (AvgIpc) is 2.89. The van der Waals surface area contributed by atoms with Gasteiger partial charge >= 0.3 is 0 Å². The summed E-state index contributed by atoms with van der Waals surface area (Å²) in [5.41, 5.74) is 3.30. The Morgan fingerprint density at radius 3 is 1.97 bits per heavy atom. The molecule has 0 spiro atoms. The zero-order chi connectivity index (χ0) is 25.2. The zero-order valence-electron chi connectivity index (χ0n) is 19.6. The summed E-state index contributed by atoms with van der Waals surface area (Å²) in [7, 11) is 0. The number of hydrogen-bond donors (Lipinski definition) is 0. The predicted octanol–water partition coefficient (Wildman–Crippen LogP) is 7.82. The van der Waals surface area contributed by atoms with Crippen molar-refractivity contribution in [1.82, 2.24) is 0 Å². The minimum absolute atomic E-state index is 0.164. The monoisotopic (exact) mass is 514 g/mol. The van der Waals surface area contributed by atoms with E-state index in [1.165, 1.54) is 0 Å². The fourth-order valence-corrected chi connectivity index (χ4v) is 5.32. The van der Waals surface area contributed by atoms with E-state index in [9.17, 15) is 9.59 Å². The molecule has 4 aromatic rings. The van der Waals surface area contributed by atoms with Gasteiger partial charge in [-0.25, -0.2) is 0 Å². The van der Waals surface area contributed by atoms with E-state index in [0.717, 1.165) is 16.9 Å². The second kappa shape index (κ2) is 10.2. The summed E-state index contributed by atoms with van der Waals surface area (Å²) >= 11 is 12.8. The highest BCUT2D eigenvalue weighted by atomic mass is 35.5. The molecular formula is C30H24Cl2N2O2. The molecule has 2 amide bonds. The lowest BCUT2D eigenvalue weighted by Gasteiger charge is -2.43. The summed E-state index contributed by atoms with van der Waals surface area (Å²) in [4.78, 5) is 31.3. The maximum Gasteiger partial charge on any atom is 0.260 e. The van der Waals surface area contributed by atoms with E-state index < -0.39 is 0 Å². The summed E-state index contributed by atoms with van der Waals surface area (Å²) < 4.78 is 0. The van der Waals surface area contributed by atoms with Crippen molar-refractivity contribution < 1.29 is 9.59 Å². The predicted molar refractivity (Wildman–Crippen MR) is 146 cm³/mol. The molecule has 0 aromatic heterocycles. The molecule has 0 aliphatic carbocycles. The van der Waals surface area contributed by atoms with Crippen molar-refractivity contribution >= 4 is 46.4 Å². The first-order valence-corrected chi connectivity index (χ1v) is 12.5. The van der Waals surface area contributed by atoms with Gasteiger partial charge in [0.15, 0.2) is 0 Å². The third-order valence-electron chi connectivity index (χ3n) is 6.55. The Bertz CT molecular complexity index is 1420. The topological polar surface area (TPSA) is 40.6 Å². The quantitative estimate of drug-likeness (QED) is 0.278. The van der Waals surface area contributed by atoms with E-state index in [-0.39, 0.29) is 23.9 Å². The molecule has 0 N–H and O–H groups in total. The van der Waals surface area contributed by atoms with Gasteiger partial charge in [-0.2, -0.15) is 0 Å². The highest BCUT2D eigenvalue weighted by Gasteiger charge is 2.39. The third kappa shape index (κ3) is 4.39. The molecule has 1 heterocycles. The van der Waals surface area contributed by atoms with Crippen LogP contribution in [0.4, 0.5) is 11.4 Å². The van der Waals surface area contributed by atoms with Gasteiger partial charge in [0.25, 0.3) is 11.8 Å². The van der Waals surface area contributed by atoms with Crippen LogP contribution >= 0.6 is 23.2 Å². The molecule has 1 aliphatic rings. The lowest BCUT2D eigenvalue weighted by molar-refractivity contribution is 0.0966. The van der Waals surface area contributed by atoms with Crippen LogP contribution in [0.25, 0.3) is 0 Å². The molecule has 0 unspecified atom stereocenters. The Morgan fingerprint density at radius 1 is 0.750 bits per heavy atom. The van der Waals surface area contributed by atoms with Gasteiger partial charge in [0.2, 0.25) is 0 Å². The molecule has 0 saturated carbocycles. The SMILES string of the molecule is C[C@H]1C[C@@H](N(C(=O)c2ccccc2Cl)c2ccccc2)c2ccccc2N1C(=O)c1ccccc1Cl. The zero-order valence-corrected chi connectivity index (χ0v) is 21.2. The number of halogens is 2. The number of fused-ring (bicyclic) bond motifs is 1. The number of nitrogens with zero attached hydrogens (tertiary/aromatic N) is 2. The van der Waals surface area contributed by atoms with E-state index in [0.29, 0.717) is 27.6 Å². The van der Waals surface area contributed by atoms with Crippen molar-refractivity contribution in [3.8, 4) is 0 Å². The number of amides is 2. The van der Waals surface area contributed by atoms with Crippen molar-refractivity contribution in [2.45, 2.75) is 25.4 Å². The standard InChI is InChI=1S/C30H24Cl2N2O2/c1-20-19-28(34(21-11-3-2-4-12-21)30(36)23-14-6-9-17-26(23)32)24-15-7-10-18-27(24)33(20)29(35)22-13-5-8-16-25(22)31/h2-18,20,28H,19H2,1H3/t20-,28+/m0/s1. The highest BCUT2D eigenvalue weighted by molar-refractivity contribution is 6.35. The van der Waals surface area contributed by atoms with Gasteiger partial charge in [-0.05, 0) is 61.4 Å². The number of rotatable bonds is 4. The molecule has 180 valence electrons. The number of carbonyl (C=O) groups is 2. The maximum absolute atomic E-state index is 14.0. The molecule has 4 aromatic carbocycles. The van der Waals surface area contributed by atoms with Crippen LogP contribution in [0, 0.1) is 0 Å². The fourth-order valence-electron chi connectivity index (χ4n) is 4.89. The van der Waals surface area contributed by atoms with Gasteiger partial charge in [-0.3, -0.25) is 9.59 Å². The maximum atomic E-state index is 14.0. The molecule has 0 bridgehead atoms. The van der Waals surface area contributed by atoms with Crippen molar-refractivity contribution in [3.05, 3.63) is 130 Å². The molecule has 0 fully saturated rings. The van der Waals surface area contributed by atoms with Gasteiger partial charge in [0.05, 0.1) is 27.2 Å². The Kier molecular flexibility index (Phi) is 6.82. The van der Waals surface area contributed by atoms with Crippen LogP contribution in [0.2, 0.25) is 10.0 Å². The Hall–Kier alpha value is -3.60. The fraction of sp³-hybridized carbons (Fsp3) is 0.133. The number of hydrogen-bond acceptors (Lipinski definition) is 2. The number of anilines is 2. The lowest BCUT2D eigenvalue weighted by Crippen LogP contribution is -2.48. The molecule has 5 rings (SSSR count). The van der Waals surface area contributed by atoms with Crippen molar-refractivity contribution in [1.29, 1.82) is 0 Å². The largest absolute Gasteiger partial charge is 0.305 e. The first-order chi connectivity index (χ1) is 17.5. The van der Waals surface area contributed by atoms with E-state index in [1.807, 2.05) is 79.7 Å². The van der Waals surface area contributed by atoms with Gasteiger partial charge < -0.3 is 9.80 Å². The minimum Gasteiger partial charge on any atom is -0.305 e. The molecule has 0 radical (unpaired) electrons. The summed E-state index contributed by atoms with van der Waals surface area (Å²) in [6.07, 6.45) is 0.540. The van der Waals surface area contributed by atoms with E-state index in [1.54, 1.807) is 40.1 Å². The van der Waals surface area contributed by atoms with E-state index in [4.69, 9.17) is 23.2 Å². The smallest absolute Gasteiger partial charge is 0.260 e. The van der Waals surface area contributed by atoms with Crippen LogP contribution in [0.1, 0.15) is 45.7 Å². The van der Waals surface area contributed by atoms with E-state index in [2.05, 4.69) is 0 Å². The van der Waals surface area contributed by atoms with E-state index >= 15 is 0 Å². The van der Waals surface area contributed by atoms with Crippen molar-refractivity contribution in [2.75, 3.05) is 9.80 Å². The summed E-state index contributed by atoms with van der Waals surface area (Å²) in [6, 6.07) is 31.0. The van der Waals surface area contributed by atoms with Crippen LogP contribution in [0.3, 0.4) is 0 Å². The van der Waals surface area contributed by atoms with Gasteiger partial charge in [0.1, 0.15) is 0 Å². The van der Waals surface area contributed by atoms with Crippen molar-refractivity contribution in [3.63, 3.8) is 0 Å². The molecule has 4 nitrogen and oxygen atoms in total. The van der Waals surface area contributed by atoms with Crippen LogP contribution in [0.5, 0.6) is 0 Å². The van der Waals surface area contributed by atoms with Crippen LogP contribution in [-0.4, -0.2) is 17.9 Å². The average molecular weight is 515 g/mol. The first kappa shape index (κ1) is 24.1. The van der Waals surface area contributed by atoms with Gasteiger partial charge in [0, 0.05) is 17.4 Å². The van der Waals surface area contributed by atoms with Crippen molar-refractivity contribution in [2.24, 2.45) is 0 Å². The molecule has 2 atom stereocenters. The minimum atomic E-state index is -0.308. The second-order valence-corrected chi connectivity index (χ2v) is 9.62. The molecule has 0 saturated heterocycles. The molecular weight excluding hydrogens is 491 g/mol. The summed E-state index contributed by atoms with van der Waals surface area (Å²) in [5.74, 6) is -0.354. The first-order valence-electron chi connectivity index (χ1n) is 11.8.